The maximum atomic E-state index is 12.6. The smallest absolute Gasteiger partial charge is 0.257 e. The lowest BCUT2D eigenvalue weighted by Crippen LogP contribution is -2.26. The van der Waals surface area contributed by atoms with Crippen LogP contribution in [0, 0.1) is 0 Å². The van der Waals surface area contributed by atoms with Gasteiger partial charge in [-0.15, -0.1) is 0 Å². The minimum absolute atomic E-state index is 0.0761. The lowest BCUT2D eigenvalue weighted by Gasteiger charge is -2.08. The van der Waals surface area contributed by atoms with Crippen molar-refractivity contribution in [2.75, 3.05) is 0 Å². The third-order valence-corrected chi connectivity index (χ3v) is 6.55. The Balaban J connectivity index is 1.44. The molecule has 0 bridgehead atoms. The molecule has 178 valence electrons. The summed E-state index contributed by atoms with van der Waals surface area (Å²) in [6, 6.07) is 10.9. The van der Waals surface area contributed by atoms with Gasteiger partial charge in [-0.3, -0.25) is 9.59 Å². The van der Waals surface area contributed by atoms with Crippen LogP contribution in [-0.4, -0.2) is 10.5 Å². The Labute approximate surface area is 195 Å². The fourth-order valence-corrected chi connectivity index (χ4v) is 4.56. The molecule has 1 aromatic heterocycles. The molecular formula is C29H45NO2. The van der Waals surface area contributed by atoms with Crippen LogP contribution >= 0.6 is 0 Å². The predicted molar refractivity (Wildman–Crippen MR) is 138 cm³/mol. The highest BCUT2D eigenvalue weighted by Crippen LogP contribution is 2.15. The Morgan fingerprint density at radius 3 is 1.62 bits per heavy atom. The van der Waals surface area contributed by atoms with E-state index in [0.29, 0.717) is 6.42 Å². The Bertz CT molecular complexity index is 823. The summed E-state index contributed by atoms with van der Waals surface area (Å²) in [5, 5.41) is 0.933. The predicted octanol–water partition coefficient (Wildman–Crippen LogP) is 8.68. The molecule has 0 aliphatic rings. The molecule has 1 aromatic carbocycles. The van der Waals surface area contributed by atoms with Crippen LogP contribution in [0.3, 0.4) is 0 Å². The number of carbonyl (C=O) groups excluding carboxylic acids is 1. The average molecular weight is 440 g/mol. The van der Waals surface area contributed by atoms with E-state index in [-0.39, 0.29) is 11.5 Å². The van der Waals surface area contributed by atoms with Crippen molar-refractivity contribution < 1.29 is 4.79 Å². The van der Waals surface area contributed by atoms with Crippen LogP contribution in [0.15, 0.2) is 41.2 Å². The van der Waals surface area contributed by atoms with E-state index in [4.69, 9.17) is 0 Å². The SMILES string of the molecule is CCCCCCCCCCCCCCCCCCCC(=O)n1c(=O)ccc2ccccc21. The number of aromatic nitrogens is 1. The Kier molecular flexibility index (Phi) is 13.7. The maximum absolute atomic E-state index is 12.6. The molecule has 32 heavy (non-hydrogen) atoms. The molecule has 0 N–H and O–H groups in total. The van der Waals surface area contributed by atoms with Crippen molar-refractivity contribution in [2.45, 2.75) is 122 Å². The molecule has 3 nitrogen and oxygen atoms in total. The Morgan fingerprint density at radius 1 is 0.625 bits per heavy atom. The molecule has 0 saturated heterocycles. The van der Waals surface area contributed by atoms with Gasteiger partial charge in [0.25, 0.3) is 5.56 Å². The highest BCUT2D eigenvalue weighted by Gasteiger charge is 2.10. The molecule has 0 saturated carbocycles. The van der Waals surface area contributed by atoms with Gasteiger partial charge in [-0.1, -0.05) is 128 Å². The molecule has 2 aromatic rings. The molecule has 1 heterocycles. The first-order valence-corrected chi connectivity index (χ1v) is 13.4. The summed E-state index contributed by atoms with van der Waals surface area (Å²) in [6.07, 6.45) is 23.0. The van der Waals surface area contributed by atoms with Crippen LogP contribution in [-0.2, 0) is 0 Å². The van der Waals surface area contributed by atoms with Crippen LogP contribution in [0.1, 0.15) is 127 Å². The summed E-state index contributed by atoms with van der Waals surface area (Å²) in [6.45, 7) is 2.28. The maximum Gasteiger partial charge on any atom is 0.257 e. The number of benzene rings is 1. The van der Waals surface area contributed by atoms with Gasteiger partial charge < -0.3 is 0 Å². The largest absolute Gasteiger partial charge is 0.274 e. The van der Waals surface area contributed by atoms with E-state index in [9.17, 15) is 9.59 Å². The highest BCUT2D eigenvalue weighted by atomic mass is 16.2. The van der Waals surface area contributed by atoms with Gasteiger partial charge in [-0.2, -0.15) is 0 Å². The van der Waals surface area contributed by atoms with Crippen LogP contribution in [0.4, 0.5) is 0 Å². The summed E-state index contributed by atoms with van der Waals surface area (Å²) < 4.78 is 1.35. The monoisotopic (exact) mass is 439 g/mol. The van der Waals surface area contributed by atoms with E-state index < -0.39 is 0 Å². The number of pyridine rings is 1. The molecule has 0 radical (unpaired) electrons. The normalized spacial score (nSPS) is 11.3. The number of rotatable bonds is 18. The second-order valence-electron chi connectivity index (χ2n) is 9.37. The first-order valence-electron chi connectivity index (χ1n) is 13.4. The van der Waals surface area contributed by atoms with Gasteiger partial charge in [-0.05, 0) is 23.9 Å². The van der Waals surface area contributed by atoms with Gasteiger partial charge in [0.1, 0.15) is 0 Å². The topological polar surface area (TPSA) is 39.1 Å². The minimum Gasteiger partial charge on any atom is -0.274 e. The van der Waals surface area contributed by atoms with Crippen molar-refractivity contribution in [1.29, 1.82) is 0 Å². The zero-order valence-electron chi connectivity index (χ0n) is 20.5. The van der Waals surface area contributed by atoms with Crippen molar-refractivity contribution in [3.63, 3.8) is 0 Å². The highest BCUT2D eigenvalue weighted by molar-refractivity contribution is 5.91. The summed E-state index contributed by atoms with van der Waals surface area (Å²) >= 11 is 0. The van der Waals surface area contributed by atoms with Crippen molar-refractivity contribution >= 4 is 16.8 Å². The van der Waals surface area contributed by atoms with Gasteiger partial charge >= 0.3 is 0 Å². The van der Waals surface area contributed by atoms with E-state index in [1.54, 1.807) is 6.07 Å². The fraction of sp³-hybridized carbons (Fsp3) is 0.655. The zero-order chi connectivity index (χ0) is 22.9. The number of unbranched alkanes of at least 4 members (excludes halogenated alkanes) is 16. The molecule has 0 unspecified atom stereocenters. The van der Waals surface area contributed by atoms with Crippen molar-refractivity contribution in [1.82, 2.24) is 4.57 Å². The number of nitrogens with zero attached hydrogens (tertiary/aromatic N) is 1. The fourth-order valence-electron chi connectivity index (χ4n) is 4.56. The van der Waals surface area contributed by atoms with Crippen LogP contribution in [0.25, 0.3) is 10.9 Å². The third kappa shape index (κ3) is 10.1. The molecule has 0 atom stereocenters. The molecule has 0 aliphatic carbocycles. The van der Waals surface area contributed by atoms with Crippen LogP contribution in [0.5, 0.6) is 0 Å². The van der Waals surface area contributed by atoms with Crippen LogP contribution < -0.4 is 5.56 Å². The van der Waals surface area contributed by atoms with Gasteiger partial charge in [0.15, 0.2) is 0 Å². The zero-order valence-corrected chi connectivity index (χ0v) is 20.5. The standard InChI is InChI=1S/C29H45NO2/c1-2-3-4-5-6-7-8-9-10-11-12-13-14-15-16-17-18-23-28(31)30-27-22-20-19-21-26(27)24-25-29(30)32/h19-22,24-25H,2-18,23H2,1H3. The summed E-state index contributed by atoms with van der Waals surface area (Å²) in [5.41, 5.74) is 0.498. The van der Waals surface area contributed by atoms with E-state index in [2.05, 4.69) is 6.92 Å². The van der Waals surface area contributed by atoms with E-state index >= 15 is 0 Å². The Morgan fingerprint density at radius 2 is 1.09 bits per heavy atom. The average Bonchev–Trinajstić information content (AvgIpc) is 2.80. The first-order chi connectivity index (χ1) is 15.7. The number of fused-ring (bicyclic) bond motifs is 1. The minimum atomic E-state index is -0.222. The number of carbonyl (C=O) groups is 1. The first kappa shape index (κ1) is 26.4. The molecule has 0 spiro atoms. The van der Waals surface area contributed by atoms with Gasteiger partial charge in [-0.25, -0.2) is 4.57 Å². The Hall–Kier alpha value is -1.90. The van der Waals surface area contributed by atoms with E-state index in [1.807, 2.05) is 24.3 Å². The second-order valence-corrected chi connectivity index (χ2v) is 9.37. The molecule has 0 amide bonds. The molecular weight excluding hydrogens is 394 g/mol. The van der Waals surface area contributed by atoms with Crippen molar-refractivity contribution in [3.8, 4) is 0 Å². The van der Waals surface area contributed by atoms with Gasteiger partial charge in [0, 0.05) is 12.5 Å². The summed E-state index contributed by atoms with van der Waals surface area (Å²) in [4.78, 5) is 24.8. The summed E-state index contributed by atoms with van der Waals surface area (Å²) in [5.74, 6) is -0.0761. The molecule has 0 aliphatic heterocycles. The van der Waals surface area contributed by atoms with Gasteiger partial charge in [0.05, 0.1) is 5.52 Å². The summed E-state index contributed by atoms with van der Waals surface area (Å²) in [7, 11) is 0. The molecule has 3 heteroatoms. The number of hydrogen-bond acceptors (Lipinski definition) is 2. The van der Waals surface area contributed by atoms with Crippen molar-refractivity contribution in [3.05, 3.63) is 46.8 Å². The van der Waals surface area contributed by atoms with Crippen molar-refractivity contribution in [2.24, 2.45) is 0 Å². The lowest BCUT2D eigenvalue weighted by atomic mass is 10.0. The lowest BCUT2D eigenvalue weighted by molar-refractivity contribution is 0.0900. The van der Waals surface area contributed by atoms with Gasteiger partial charge in [0.2, 0.25) is 5.91 Å². The third-order valence-electron chi connectivity index (χ3n) is 6.55. The second kappa shape index (κ2) is 16.7. The molecule has 0 fully saturated rings. The quantitative estimate of drug-likeness (QED) is 0.218. The number of para-hydroxylation sites is 1. The van der Waals surface area contributed by atoms with E-state index in [0.717, 1.165) is 23.7 Å². The van der Waals surface area contributed by atoms with Crippen LogP contribution in [0.2, 0.25) is 0 Å². The molecule has 2 rings (SSSR count). The number of hydrogen-bond donors (Lipinski definition) is 0. The van der Waals surface area contributed by atoms with E-state index in [1.165, 1.54) is 107 Å².